The monoisotopic (exact) mass is 218 g/mol. The molecule has 0 aromatic heterocycles. The summed E-state index contributed by atoms with van der Waals surface area (Å²) < 4.78 is 5.12. The highest BCUT2D eigenvalue weighted by molar-refractivity contribution is 7.80. The number of hydrogen-bond donors (Lipinski definition) is 1. The van der Waals surface area contributed by atoms with Gasteiger partial charge in [-0.25, -0.2) is 0 Å². The van der Waals surface area contributed by atoms with Crippen LogP contribution in [0.2, 0.25) is 0 Å². The van der Waals surface area contributed by atoms with Gasteiger partial charge in [-0.05, 0) is 13.3 Å². The van der Waals surface area contributed by atoms with E-state index >= 15 is 0 Å². The van der Waals surface area contributed by atoms with Gasteiger partial charge in [0.05, 0.1) is 11.0 Å². The highest BCUT2D eigenvalue weighted by Crippen LogP contribution is 1.97. The minimum absolute atomic E-state index is 0.0945. The van der Waals surface area contributed by atoms with Crippen LogP contribution in [0.25, 0.3) is 0 Å². The molecule has 0 rings (SSSR count). The molecule has 0 saturated heterocycles. The van der Waals surface area contributed by atoms with E-state index in [4.69, 9.17) is 22.7 Å². The Labute approximate surface area is 90.4 Å². The highest BCUT2D eigenvalue weighted by Gasteiger charge is 2.17. The molecule has 0 bridgehead atoms. The first-order valence-corrected chi connectivity index (χ1v) is 5.04. The van der Waals surface area contributed by atoms with E-state index in [0.29, 0.717) is 11.6 Å². The summed E-state index contributed by atoms with van der Waals surface area (Å²) in [4.78, 5) is 13.3. The van der Waals surface area contributed by atoms with E-state index in [0.717, 1.165) is 6.42 Å². The Morgan fingerprint density at radius 1 is 1.64 bits per heavy atom. The molecule has 0 spiro atoms. The minimum atomic E-state index is -0.220. The normalized spacial score (nSPS) is 12.2. The second-order valence-corrected chi connectivity index (χ2v) is 3.61. The molecule has 0 heterocycles. The molecule has 0 radical (unpaired) electrons. The van der Waals surface area contributed by atoms with Gasteiger partial charge >= 0.3 is 0 Å². The van der Waals surface area contributed by atoms with Crippen LogP contribution in [0.4, 0.5) is 0 Å². The molecule has 0 aliphatic rings. The lowest BCUT2D eigenvalue weighted by Crippen LogP contribution is -2.44. The Kier molecular flexibility index (Phi) is 6.40. The predicted molar refractivity (Wildman–Crippen MR) is 60.1 cm³/mol. The van der Waals surface area contributed by atoms with Crippen molar-refractivity contribution < 1.29 is 9.53 Å². The summed E-state index contributed by atoms with van der Waals surface area (Å²) in [7, 11) is 1.67. The van der Waals surface area contributed by atoms with Crippen molar-refractivity contribution in [2.75, 3.05) is 20.3 Å². The van der Waals surface area contributed by atoms with Crippen LogP contribution in [0.3, 0.4) is 0 Å². The smallest absolute Gasteiger partial charge is 0.248 e. The second-order valence-electron chi connectivity index (χ2n) is 3.14. The molecule has 2 N–H and O–H groups in total. The Bertz CT molecular complexity index is 209. The SMILES string of the molecule is CCCOCC(=O)N(C)C(C)C(N)=S. The number of ether oxygens (including phenoxy) is 1. The van der Waals surface area contributed by atoms with Crippen LogP contribution >= 0.6 is 12.2 Å². The summed E-state index contributed by atoms with van der Waals surface area (Å²) in [6.45, 7) is 4.48. The van der Waals surface area contributed by atoms with Crippen LogP contribution in [-0.4, -0.2) is 42.1 Å². The van der Waals surface area contributed by atoms with Crippen LogP contribution in [0.15, 0.2) is 0 Å². The average Bonchev–Trinajstić information content (AvgIpc) is 2.15. The first kappa shape index (κ1) is 13.3. The maximum atomic E-state index is 11.4. The number of carbonyl (C=O) groups is 1. The van der Waals surface area contributed by atoms with E-state index in [1.165, 1.54) is 4.90 Å². The summed E-state index contributed by atoms with van der Waals surface area (Å²) >= 11 is 4.79. The van der Waals surface area contributed by atoms with Gasteiger partial charge in [0.1, 0.15) is 6.61 Å². The van der Waals surface area contributed by atoms with E-state index in [2.05, 4.69) is 0 Å². The molecule has 5 heteroatoms. The van der Waals surface area contributed by atoms with Crippen molar-refractivity contribution in [1.82, 2.24) is 4.90 Å². The zero-order chi connectivity index (χ0) is 11.1. The average molecular weight is 218 g/mol. The van der Waals surface area contributed by atoms with Crippen molar-refractivity contribution >= 4 is 23.1 Å². The van der Waals surface area contributed by atoms with E-state index < -0.39 is 0 Å². The maximum Gasteiger partial charge on any atom is 0.248 e. The van der Waals surface area contributed by atoms with Crippen molar-refractivity contribution in [3.8, 4) is 0 Å². The van der Waals surface area contributed by atoms with Crippen LogP contribution in [-0.2, 0) is 9.53 Å². The predicted octanol–water partition coefficient (Wildman–Crippen LogP) is 0.546. The third-order valence-electron chi connectivity index (χ3n) is 1.96. The second kappa shape index (κ2) is 6.73. The lowest BCUT2D eigenvalue weighted by Gasteiger charge is -2.23. The van der Waals surface area contributed by atoms with Crippen LogP contribution in [0.5, 0.6) is 0 Å². The van der Waals surface area contributed by atoms with Gasteiger partial charge in [0.2, 0.25) is 5.91 Å². The maximum absolute atomic E-state index is 11.4. The molecule has 0 fully saturated rings. The Balaban J connectivity index is 3.92. The fraction of sp³-hybridized carbons (Fsp3) is 0.778. The lowest BCUT2D eigenvalue weighted by molar-refractivity contribution is -0.135. The van der Waals surface area contributed by atoms with E-state index in [-0.39, 0.29) is 18.6 Å². The van der Waals surface area contributed by atoms with E-state index in [1.54, 1.807) is 14.0 Å². The molecular weight excluding hydrogens is 200 g/mol. The summed E-state index contributed by atoms with van der Waals surface area (Å²) in [5, 5.41) is 0. The Morgan fingerprint density at radius 3 is 2.64 bits per heavy atom. The van der Waals surface area contributed by atoms with Gasteiger partial charge in [-0.15, -0.1) is 0 Å². The van der Waals surface area contributed by atoms with Crippen molar-refractivity contribution in [3.63, 3.8) is 0 Å². The number of nitrogens with zero attached hydrogens (tertiary/aromatic N) is 1. The van der Waals surface area contributed by atoms with Gasteiger partial charge in [-0.1, -0.05) is 19.1 Å². The number of nitrogens with two attached hydrogens (primary N) is 1. The third kappa shape index (κ3) is 4.53. The fourth-order valence-electron chi connectivity index (χ4n) is 0.812. The van der Waals surface area contributed by atoms with Gasteiger partial charge in [-0.3, -0.25) is 4.79 Å². The zero-order valence-corrected chi connectivity index (χ0v) is 9.76. The lowest BCUT2D eigenvalue weighted by atomic mass is 10.3. The van der Waals surface area contributed by atoms with E-state index in [9.17, 15) is 4.79 Å². The minimum Gasteiger partial charge on any atom is -0.392 e. The summed E-state index contributed by atoms with van der Waals surface area (Å²) in [6.07, 6.45) is 0.905. The fourth-order valence-corrected chi connectivity index (χ4v) is 0.971. The first-order chi connectivity index (χ1) is 6.50. The number of carbonyl (C=O) groups excluding carboxylic acids is 1. The number of hydrogen-bond acceptors (Lipinski definition) is 3. The molecule has 82 valence electrons. The molecule has 0 aromatic rings. The van der Waals surface area contributed by atoms with E-state index in [1.807, 2.05) is 6.92 Å². The molecule has 0 aliphatic heterocycles. The number of rotatable bonds is 6. The molecule has 0 aromatic carbocycles. The van der Waals surface area contributed by atoms with Crippen LogP contribution in [0, 0.1) is 0 Å². The summed E-state index contributed by atoms with van der Waals surface area (Å²) in [5.41, 5.74) is 5.43. The topological polar surface area (TPSA) is 55.6 Å². The van der Waals surface area contributed by atoms with Crippen molar-refractivity contribution in [3.05, 3.63) is 0 Å². The van der Waals surface area contributed by atoms with Gasteiger partial charge in [0.25, 0.3) is 0 Å². The number of amides is 1. The first-order valence-electron chi connectivity index (χ1n) is 4.63. The summed E-state index contributed by atoms with van der Waals surface area (Å²) in [6, 6.07) is -0.220. The van der Waals surface area contributed by atoms with Crippen molar-refractivity contribution in [2.45, 2.75) is 26.3 Å². The molecule has 1 unspecified atom stereocenters. The molecule has 14 heavy (non-hydrogen) atoms. The van der Waals surface area contributed by atoms with Crippen molar-refractivity contribution in [1.29, 1.82) is 0 Å². The highest BCUT2D eigenvalue weighted by atomic mass is 32.1. The quantitative estimate of drug-likeness (QED) is 0.522. The standard InChI is InChI=1S/C9H18N2O2S/c1-4-5-13-6-8(12)11(3)7(2)9(10)14/h7H,4-6H2,1-3H3,(H2,10,14). The van der Waals surface area contributed by atoms with Gasteiger partial charge in [0.15, 0.2) is 0 Å². The van der Waals surface area contributed by atoms with Gasteiger partial charge in [-0.2, -0.15) is 0 Å². The van der Waals surface area contributed by atoms with Crippen LogP contribution < -0.4 is 5.73 Å². The van der Waals surface area contributed by atoms with Crippen LogP contribution in [0.1, 0.15) is 20.3 Å². The molecule has 4 nitrogen and oxygen atoms in total. The van der Waals surface area contributed by atoms with Gasteiger partial charge < -0.3 is 15.4 Å². The molecule has 0 saturated carbocycles. The number of thiocarbonyl (C=S) groups is 1. The third-order valence-corrected chi connectivity index (χ3v) is 2.30. The molecule has 1 atom stereocenters. The summed E-state index contributed by atoms with van der Waals surface area (Å²) in [5.74, 6) is -0.0984. The molecular formula is C9H18N2O2S. The number of likely N-dealkylation sites (N-methyl/N-ethyl adjacent to an activating group) is 1. The largest absolute Gasteiger partial charge is 0.392 e. The Hall–Kier alpha value is -0.680. The van der Waals surface area contributed by atoms with Gasteiger partial charge in [0, 0.05) is 13.7 Å². The van der Waals surface area contributed by atoms with Crippen molar-refractivity contribution in [2.24, 2.45) is 5.73 Å². The zero-order valence-electron chi connectivity index (χ0n) is 8.95. The Morgan fingerprint density at radius 2 is 2.21 bits per heavy atom. The molecule has 1 amide bonds. The molecule has 0 aliphatic carbocycles.